The van der Waals surface area contributed by atoms with Gasteiger partial charge in [-0.2, -0.15) is 0 Å². The average molecular weight is 558 g/mol. The first-order chi connectivity index (χ1) is 18.8. The second-order valence-corrected chi connectivity index (χ2v) is 10.2. The molecule has 1 fully saturated rings. The smallest absolute Gasteiger partial charge is 0.338 e. The zero-order chi connectivity index (χ0) is 28.1. The number of piperidine rings is 1. The van der Waals surface area contributed by atoms with E-state index in [1.54, 1.807) is 46.0 Å². The summed E-state index contributed by atoms with van der Waals surface area (Å²) < 4.78 is 21.6. The van der Waals surface area contributed by atoms with Crippen LogP contribution in [-0.4, -0.2) is 73.3 Å². The molecule has 4 rings (SSSR count). The summed E-state index contributed by atoms with van der Waals surface area (Å²) >= 11 is 1.41. The Balaban J connectivity index is 1.65. The van der Waals surface area contributed by atoms with Gasteiger partial charge in [-0.15, -0.1) is 0 Å². The number of fused-ring (bicyclic) bond motifs is 1. The van der Waals surface area contributed by atoms with E-state index < -0.39 is 12.0 Å². The Morgan fingerprint density at radius 3 is 2.51 bits per heavy atom. The van der Waals surface area contributed by atoms with Crippen LogP contribution in [0.1, 0.15) is 51.6 Å². The number of carbonyl (C=O) groups is 3. The fraction of sp³-hybridized carbons (Fsp3) is 0.500. The molecular weight excluding hydrogens is 522 g/mol. The molecule has 210 valence electrons. The van der Waals surface area contributed by atoms with Crippen molar-refractivity contribution >= 4 is 34.8 Å². The van der Waals surface area contributed by atoms with Crippen molar-refractivity contribution in [2.75, 3.05) is 40.5 Å². The summed E-state index contributed by atoms with van der Waals surface area (Å²) in [6, 6.07) is 4.91. The second-order valence-electron chi connectivity index (χ2n) is 9.34. The molecule has 10 nitrogen and oxygen atoms in total. The fourth-order valence-corrected chi connectivity index (χ4v) is 6.07. The van der Waals surface area contributed by atoms with Crippen molar-refractivity contribution in [1.29, 1.82) is 0 Å². The van der Waals surface area contributed by atoms with Crippen LogP contribution in [0.4, 0.5) is 0 Å². The van der Waals surface area contributed by atoms with Gasteiger partial charge in [-0.05, 0) is 56.7 Å². The van der Waals surface area contributed by atoms with Crippen LogP contribution in [-0.2, 0) is 23.9 Å². The number of amidine groups is 1. The van der Waals surface area contributed by atoms with E-state index >= 15 is 0 Å². The molecule has 39 heavy (non-hydrogen) atoms. The Bertz CT molecular complexity index is 1230. The molecule has 11 heteroatoms. The molecule has 2 atom stereocenters. The largest absolute Gasteiger partial charge is 0.493 e. The van der Waals surface area contributed by atoms with E-state index in [1.165, 1.54) is 11.8 Å². The Labute approximate surface area is 233 Å². The molecule has 1 aromatic carbocycles. The van der Waals surface area contributed by atoms with Crippen molar-refractivity contribution in [3.05, 3.63) is 46.1 Å². The maximum atomic E-state index is 13.5. The molecule has 0 aliphatic carbocycles. The third-order valence-electron chi connectivity index (χ3n) is 6.95. The van der Waals surface area contributed by atoms with Crippen molar-refractivity contribution in [3.63, 3.8) is 0 Å². The minimum atomic E-state index is -0.584. The summed E-state index contributed by atoms with van der Waals surface area (Å²) in [4.78, 5) is 47.4. The molecule has 0 N–H and O–H groups in total. The number of amides is 1. The molecule has 1 amide bonds. The Morgan fingerprint density at radius 2 is 1.82 bits per heavy atom. The Kier molecular flexibility index (Phi) is 9.21. The molecule has 0 saturated carbocycles. The van der Waals surface area contributed by atoms with Gasteiger partial charge in [-0.25, -0.2) is 9.79 Å². The highest BCUT2D eigenvalue weighted by Crippen LogP contribution is 2.46. The molecule has 0 unspecified atom stereocenters. The predicted octanol–water partition coefficient (Wildman–Crippen LogP) is 4.03. The number of carbonyl (C=O) groups excluding carboxylic acids is 3. The van der Waals surface area contributed by atoms with Gasteiger partial charge in [0.25, 0.3) is 0 Å². The van der Waals surface area contributed by atoms with Crippen LogP contribution in [0.3, 0.4) is 0 Å². The number of ether oxygens (including phenoxy) is 4. The van der Waals surface area contributed by atoms with Crippen molar-refractivity contribution in [2.24, 2.45) is 10.9 Å². The van der Waals surface area contributed by atoms with Crippen LogP contribution in [0, 0.1) is 5.92 Å². The number of nitrogens with zero attached hydrogens (tertiary/aromatic N) is 3. The number of esters is 2. The maximum absolute atomic E-state index is 13.5. The summed E-state index contributed by atoms with van der Waals surface area (Å²) in [5.74, 6) is -0.0499. The van der Waals surface area contributed by atoms with Crippen LogP contribution in [0.5, 0.6) is 11.5 Å². The Hall–Kier alpha value is -3.47. The number of hydrogen-bond acceptors (Lipinski definition) is 10. The first-order valence-corrected chi connectivity index (χ1v) is 14.0. The topological polar surface area (TPSA) is 107 Å². The zero-order valence-corrected chi connectivity index (χ0v) is 23.8. The summed E-state index contributed by atoms with van der Waals surface area (Å²) in [5, 5.41) is 2.57. The number of aliphatic imine (C=N–C) groups is 1. The maximum Gasteiger partial charge on any atom is 0.338 e. The predicted molar refractivity (Wildman–Crippen MR) is 147 cm³/mol. The molecule has 0 bridgehead atoms. The summed E-state index contributed by atoms with van der Waals surface area (Å²) in [6.07, 6.45) is 1.54. The highest BCUT2D eigenvalue weighted by molar-refractivity contribution is 8.16. The first kappa shape index (κ1) is 28.5. The highest BCUT2D eigenvalue weighted by atomic mass is 32.2. The number of hydrogen-bond donors (Lipinski definition) is 0. The quantitative estimate of drug-likeness (QED) is 0.416. The molecule has 3 heterocycles. The fourth-order valence-electron chi connectivity index (χ4n) is 5.10. The van der Waals surface area contributed by atoms with Crippen molar-refractivity contribution in [3.8, 4) is 11.5 Å². The van der Waals surface area contributed by atoms with Gasteiger partial charge in [0, 0.05) is 18.8 Å². The molecule has 0 aromatic heterocycles. The third kappa shape index (κ3) is 5.93. The lowest BCUT2D eigenvalue weighted by molar-refractivity contribution is -0.151. The van der Waals surface area contributed by atoms with E-state index in [2.05, 4.69) is 0 Å². The lowest BCUT2D eigenvalue weighted by Gasteiger charge is -2.37. The third-order valence-corrected chi connectivity index (χ3v) is 7.83. The Morgan fingerprint density at radius 1 is 1.08 bits per heavy atom. The van der Waals surface area contributed by atoms with Crippen molar-refractivity contribution in [2.45, 2.75) is 46.1 Å². The van der Waals surface area contributed by atoms with Gasteiger partial charge in [0.05, 0.1) is 57.1 Å². The van der Waals surface area contributed by atoms with E-state index in [0.717, 1.165) is 17.7 Å². The van der Waals surface area contributed by atoms with E-state index in [0.29, 0.717) is 54.1 Å². The van der Waals surface area contributed by atoms with Gasteiger partial charge in [0.2, 0.25) is 5.91 Å². The zero-order valence-electron chi connectivity index (χ0n) is 23.0. The molecule has 0 spiro atoms. The van der Waals surface area contributed by atoms with Gasteiger partial charge in [0.1, 0.15) is 0 Å². The van der Waals surface area contributed by atoms with Crippen LogP contribution in [0.15, 0.2) is 45.6 Å². The van der Waals surface area contributed by atoms with Crippen molar-refractivity contribution in [1.82, 2.24) is 9.80 Å². The van der Waals surface area contributed by atoms with Gasteiger partial charge < -0.3 is 28.7 Å². The summed E-state index contributed by atoms with van der Waals surface area (Å²) in [7, 11) is 3.12. The van der Waals surface area contributed by atoms with Crippen LogP contribution >= 0.6 is 11.8 Å². The average Bonchev–Trinajstić information content (AvgIpc) is 3.33. The molecule has 3 aliphatic heterocycles. The van der Waals surface area contributed by atoms with Gasteiger partial charge >= 0.3 is 11.9 Å². The number of allylic oxidation sites excluding steroid dienone is 1. The standard InChI is InChI=1S/C28H35N3O7S/c1-6-37-26(33)19-9-8-12-30(15-19)23(32)14-20-16-39-28-29-17(3)24(27(34)38-7-2)25(31(20)28)18-10-11-21(35-4)22(13-18)36-5/h10-11,13,16,19,25H,6-9,12,14-15H2,1-5H3/t19-,25+/m0/s1. The number of likely N-dealkylation sites (tertiary alicyclic amines) is 1. The minimum Gasteiger partial charge on any atom is -0.493 e. The van der Waals surface area contributed by atoms with Crippen LogP contribution in [0.25, 0.3) is 0 Å². The van der Waals surface area contributed by atoms with E-state index in [-0.39, 0.29) is 30.8 Å². The number of thioether (sulfide) groups is 1. The normalized spacial score (nSPS) is 20.6. The SMILES string of the molecule is CCOC(=O)C1=C(C)N=C2SC=C(CC(=O)N3CCC[C@H](C(=O)OCC)C3)N2[C@@H]1c1ccc(OC)c(OC)c1. The number of methoxy groups -OCH3 is 2. The lowest BCUT2D eigenvalue weighted by atomic mass is 9.93. The summed E-state index contributed by atoms with van der Waals surface area (Å²) in [6.45, 7) is 6.79. The van der Waals surface area contributed by atoms with E-state index in [1.807, 2.05) is 22.4 Å². The lowest BCUT2D eigenvalue weighted by Crippen LogP contribution is -2.44. The second kappa shape index (κ2) is 12.6. The van der Waals surface area contributed by atoms with Crippen molar-refractivity contribution < 1.29 is 33.3 Å². The first-order valence-electron chi connectivity index (χ1n) is 13.1. The van der Waals surface area contributed by atoms with E-state index in [9.17, 15) is 14.4 Å². The monoisotopic (exact) mass is 557 g/mol. The van der Waals surface area contributed by atoms with Crippen LogP contribution < -0.4 is 9.47 Å². The molecular formula is C28H35N3O7S. The highest BCUT2D eigenvalue weighted by Gasteiger charge is 2.42. The number of benzene rings is 1. The van der Waals surface area contributed by atoms with Gasteiger partial charge in [-0.3, -0.25) is 9.59 Å². The minimum absolute atomic E-state index is 0.0906. The molecule has 3 aliphatic rings. The number of rotatable bonds is 9. The molecule has 1 aromatic rings. The van der Waals surface area contributed by atoms with E-state index in [4.69, 9.17) is 23.9 Å². The summed E-state index contributed by atoms with van der Waals surface area (Å²) in [5.41, 5.74) is 2.44. The molecule has 0 radical (unpaired) electrons. The molecule has 1 saturated heterocycles. The van der Waals surface area contributed by atoms with Crippen LogP contribution in [0.2, 0.25) is 0 Å². The van der Waals surface area contributed by atoms with Gasteiger partial charge in [0.15, 0.2) is 16.7 Å². The van der Waals surface area contributed by atoms with Gasteiger partial charge in [-0.1, -0.05) is 17.8 Å².